The lowest BCUT2D eigenvalue weighted by atomic mass is 10.1. The van der Waals surface area contributed by atoms with E-state index >= 15 is 0 Å². The molecule has 8 heteroatoms. The maximum atomic E-state index is 13.1. The van der Waals surface area contributed by atoms with Crippen molar-refractivity contribution in [1.29, 1.82) is 0 Å². The molecule has 0 aliphatic carbocycles. The molecule has 2 aromatic heterocycles. The van der Waals surface area contributed by atoms with Crippen molar-refractivity contribution in [2.45, 2.75) is 18.3 Å². The zero-order chi connectivity index (χ0) is 21.6. The average molecular weight is 434 g/mol. The van der Waals surface area contributed by atoms with Crippen LogP contribution < -0.4 is 4.74 Å². The van der Waals surface area contributed by atoms with E-state index in [0.717, 1.165) is 10.9 Å². The van der Waals surface area contributed by atoms with Gasteiger partial charge in [0, 0.05) is 23.7 Å². The van der Waals surface area contributed by atoms with Gasteiger partial charge in [0.1, 0.15) is 23.7 Å². The van der Waals surface area contributed by atoms with Crippen molar-refractivity contribution in [1.82, 2.24) is 19.7 Å². The van der Waals surface area contributed by atoms with Crippen LogP contribution in [0.3, 0.4) is 0 Å². The summed E-state index contributed by atoms with van der Waals surface area (Å²) >= 11 is 1.27. The van der Waals surface area contributed by atoms with Gasteiger partial charge in [0.15, 0.2) is 16.8 Å². The molecule has 0 amide bonds. The van der Waals surface area contributed by atoms with Crippen molar-refractivity contribution in [3.63, 3.8) is 0 Å². The zero-order valence-electron chi connectivity index (χ0n) is 16.6. The number of ether oxygens (including phenoxy) is 1. The summed E-state index contributed by atoms with van der Waals surface area (Å²) < 4.78 is 20.9. The van der Waals surface area contributed by atoms with E-state index in [1.165, 1.54) is 36.0 Å². The number of allylic oxidation sites excluding steroid dienone is 1. The molecule has 0 bridgehead atoms. The molecule has 6 nitrogen and oxygen atoms in total. The van der Waals surface area contributed by atoms with Crippen LogP contribution >= 0.6 is 11.8 Å². The van der Waals surface area contributed by atoms with E-state index in [-0.39, 0.29) is 24.0 Å². The second-order valence-corrected chi connectivity index (χ2v) is 7.58. The van der Waals surface area contributed by atoms with Crippen LogP contribution in [0.5, 0.6) is 5.75 Å². The molecule has 4 aromatic rings. The van der Waals surface area contributed by atoms with Gasteiger partial charge < -0.3 is 4.74 Å². The number of nitrogens with zero attached hydrogens (tertiary/aromatic N) is 4. The van der Waals surface area contributed by atoms with Crippen molar-refractivity contribution in [3.05, 3.63) is 90.7 Å². The summed E-state index contributed by atoms with van der Waals surface area (Å²) in [6.07, 6.45) is 3.46. The van der Waals surface area contributed by atoms with Gasteiger partial charge in [-0.25, -0.2) is 4.39 Å². The van der Waals surface area contributed by atoms with Crippen molar-refractivity contribution in [2.75, 3.05) is 5.75 Å². The summed E-state index contributed by atoms with van der Waals surface area (Å²) in [7, 11) is 0. The first kappa shape index (κ1) is 20.7. The molecule has 0 aliphatic heterocycles. The lowest BCUT2D eigenvalue weighted by Crippen LogP contribution is -2.09. The minimum atomic E-state index is -0.374. The molecule has 0 N–H and O–H groups in total. The van der Waals surface area contributed by atoms with Gasteiger partial charge >= 0.3 is 0 Å². The molecule has 0 aliphatic rings. The first-order valence-corrected chi connectivity index (χ1v) is 10.6. The van der Waals surface area contributed by atoms with Crippen LogP contribution in [-0.4, -0.2) is 31.3 Å². The Morgan fingerprint density at radius 2 is 1.94 bits per heavy atom. The molecule has 2 aromatic carbocycles. The number of thioether (sulfide) groups is 1. The Bertz CT molecular complexity index is 1220. The lowest BCUT2D eigenvalue weighted by molar-refractivity contribution is 0.102. The maximum absolute atomic E-state index is 13.1. The number of hydrogen-bond acceptors (Lipinski definition) is 6. The Morgan fingerprint density at radius 3 is 2.74 bits per heavy atom. The molecule has 0 saturated heterocycles. The summed E-state index contributed by atoms with van der Waals surface area (Å²) in [5, 5.41) is 10.0. The first-order valence-electron chi connectivity index (χ1n) is 9.57. The molecule has 0 atom stereocenters. The Balaban J connectivity index is 1.47. The second-order valence-electron chi connectivity index (χ2n) is 6.64. The number of para-hydroxylation sites is 1. The van der Waals surface area contributed by atoms with E-state index in [1.54, 1.807) is 12.3 Å². The first-order chi connectivity index (χ1) is 15.2. The molecule has 0 unspecified atom stereocenters. The van der Waals surface area contributed by atoms with Crippen LogP contribution in [0.25, 0.3) is 10.9 Å². The summed E-state index contributed by atoms with van der Waals surface area (Å²) in [6.45, 7) is 4.47. The fourth-order valence-electron chi connectivity index (χ4n) is 3.03. The van der Waals surface area contributed by atoms with E-state index in [2.05, 4.69) is 21.8 Å². The predicted octanol–water partition coefficient (Wildman–Crippen LogP) is 4.71. The van der Waals surface area contributed by atoms with Crippen LogP contribution in [-0.2, 0) is 13.2 Å². The van der Waals surface area contributed by atoms with Crippen LogP contribution in [0.4, 0.5) is 4.39 Å². The van der Waals surface area contributed by atoms with Crippen LogP contribution in [0.2, 0.25) is 0 Å². The van der Waals surface area contributed by atoms with Gasteiger partial charge in [0.05, 0.1) is 5.75 Å². The number of Topliss-reactive ketones (excluding diaryl/α,β-unsaturated/α-hetero) is 1. The molecule has 156 valence electrons. The van der Waals surface area contributed by atoms with Gasteiger partial charge in [0.2, 0.25) is 0 Å². The van der Waals surface area contributed by atoms with Crippen LogP contribution in [0.1, 0.15) is 16.2 Å². The Morgan fingerprint density at radius 1 is 1.13 bits per heavy atom. The summed E-state index contributed by atoms with van der Waals surface area (Å²) in [5.74, 6) is 0.949. The molecule has 31 heavy (non-hydrogen) atoms. The highest BCUT2D eigenvalue weighted by Crippen LogP contribution is 2.25. The van der Waals surface area contributed by atoms with Gasteiger partial charge in [0.25, 0.3) is 0 Å². The number of halogens is 1. The monoisotopic (exact) mass is 434 g/mol. The molecular formula is C23H19FN4O2S. The molecule has 0 fully saturated rings. The van der Waals surface area contributed by atoms with E-state index in [4.69, 9.17) is 4.74 Å². The summed E-state index contributed by atoms with van der Waals surface area (Å²) in [4.78, 5) is 16.8. The third-order valence-corrected chi connectivity index (χ3v) is 5.52. The van der Waals surface area contributed by atoms with Crippen LogP contribution in [0, 0.1) is 5.82 Å². The number of pyridine rings is 1. The normalized spacial score (nSPS) is 10.9. The van der Waals surface area contributed by atoms with Crippen molar-refractivity contribution in [3.8, 4) is 5.75 Å². The van der Waals surface area contributed by atoms with Gasteiger partial charge in [-0.2, -0.15) is 0 Å². The highest BCUT2D eigenvalue weighted by Gasteiger charge is 2.15. The van der Waals surface area contributed by atoms with Gasteiger partial charge in [-0.05, 0) is 36.4 Å². The quantitative estimate of drug-likeness (QED) is 0.216. The Hall–Kier alpha value is -3.52. The number of aromatic nitrogens is 4. The maximum Gasteiger partial charge on any atom is 0.192 e. The molecule has 0 saturated carbocycles. The van der Waals surface area contributed by atoms with E-state index < -0.39 is 0 Å². The minimum absolute atomic E-state index is 0.113. The van der Waals surface area contributed by atoms with E-state index in [0.29, 0.717) is 28.8 Å². The average Bonchev–Trinajstić information content (AvgIpc) is 3.18. The largest absolute Gasteiger partial charge is 0.483 e. The number of ketones is 1. The fourth-order valence-corrected chi connectivity index (χ4v) is 3.89. The topological polar surface area (TPSA) is 69.9 Å². The molecule has 0 spiro atoms. The summed E-state index contributed by atoms with van der Waals surface area (Å²) in [6, 6.07) is 15.1. The lowest BCUT2D eigenvalue weighted by Gasteiger charge is -2.10. The molecular weight excluding hydrogens is 415 g/mol. The molecule has 4 rings (SSSR count). The number of carbonyl (C=O) groups is 1. The second kappa shape index (κ2) is 9.53. The molecule has 0 radical (unpaired) electrons. The summed E-state index contributed by atoms with van der Waals surface area (Å²) in [5.41, 5.74) is 1.23. The Labute approximate surface area is 182 Å². The van der Waals surface area contributed by atoms with Crippen molar-refractivity contribution < 1.29 is 13.9 Å². The van der Waals surface area contributed by atoms with Crippen molar-refractivity contribution in [2.24, 2.45) is 0 Å². The van der Waals surface area contributed by atoms with Gasteiger partial charge in [-0.1, -0.05) is 36.0 Å². The SMILES string of the molecule is C=CCn1c(COc2cccc3cccnc23)nnc1SCC(=O)c1ccc(F)cc1. The standard InChI is InChI=1S/C23H19FN4O2S/c1-2-13-28-21(14-30-20-7-3-5-17-6-4-12-25-22(17)20)26-27-23(28)31-15-19(29)16-8-10-18(24)11-9-16/h2-12H,1,13-15H2. The number of hydrogen-bond donors (Lipinski definition) is 0. The molecule has 2 heterocycles. The number of rotatable bonds is 9. The highest BCUT2D eigenvalue weighted by atomic mass is 32.2. The van der Waals surface area contributed by atoms with Crippen LogP contribution in [0.15, 0.2) is 78.6 Å². The van der Waals surface area contributed by atoms with E-state index in [9.17, 15) is 9.18 Å². The van der Waals surface area contributed by atoms with Crippen molar-refractivity contribution >= 4 is 28.4 Å². The van der Waals surface area contributed by atoms with Gasteiger partial charge in [-0.15, -0.1) is 16.8 Å². The smallest absolute Gasteiger partial charge is 0.192 e. The number of carbonyl (C=O) groups excluding carboxylic acids is 1. The van der Waals surface area contributed by atoms with E-state index in [1.807, 2.05) is 34.9 Å². The predicted molar refractivity (Wildman–Crippen MR) is 118 cm³/mol. The third-order valence-electron chi connectivity index (χ3n) is 4.56. The Kier molecular flexibility index (Phi) is 6.37. The zero-order valence-corrected chi connectivity index (χ0v) is 17.4. The number of benzene rings is 2. The minimum Gasteiger partial charge on any atom is -0.483 e. The highest BCUT2D eigenvalue weighted by molar-refractivity contribution is 7.99. The third kappa shape index (κ3) is 4.80. The number of fused-ring (bicyclic) bond motifs is 1. The fraction of sp³-hybridized carbons (Fsp3) is 0.130. The van der Waals surface area contributed by atoms with Gasteiger partial charge in [-0.3, -0.25) is 14.3 Å².